The van der Waals surface area contributed by atoms with Crippen LogP contribution in [0.25, 0.3) is 0 Å². The van der Waals surface area contributed by atoms with Crippen molar-refractivity contribution in [2.75, 3.05) is 19.6 Å². The molecule has 1 aliphatic heterocycles. The normalized spacial score (nSPS) is 21.0. The summed E-state index contributed by atoms with van der Waals surface area (Å²) in [4.78, 5) is 9.60. The van der Waals surface area contributed by atoms with E-state index in [1.807, 2.05) is 20.8 Å². The van der Waals surface area contributed by atoms with Crippen LogP contribution in [0.15, 0.2) is 0 Å². The van der Waals surface area contributed by atoms with E-state index in [1.54, 1.807) is 0 Å². The van der Waals surface area contributed by atoms with Gasteiger partial charge in [0, 0.05) is 0 Å². The lowest BCUT2D eigenvalue weighted by atomic mass is 10.1. The molecular weight excluding hydrogens is 180 g/mol. The quantitative estimate of drug-likeness (QED) is 0.640. The van der Waals surface area contributed by atoms with Gasteiger partial charge in [-0.05, 0) is 52.7 Å². The van der Waals surface area contributed by atoms with Gasteiger partial charge in [-0.1, -0.05) is 0 Å². The molecule has 0 radical (unpaired) electrons. The number of rotatable bonds is 2. The minimum Gasteiger partial charge on any atom is -0.462 e. The maximum Gasteiger partial charge on any atom is 0.293 e. The highest BCUT2D eigenvalue weighted by molar-refractivity contribution is 5.37. The van der Waals surface area contributed by atoms with Gasteiger partial charge in [0.2, 0.25) is 0 Å². The highest BCUT2D eigenvalue weighted by Crippen LogP contribution is 2.03. The molecule has 0 spiro atoms. The number of ether oxygens (including phenoxy) is 1. The van der Waals surface area contributed by atoms with Crippen LogP contribution in [0.2, 0.25) is 0 Å². The molecule has 0 amide bonds. The molecule has 0 bridgehead atoms. The van der Waals surface area contributed by atoms with Crippen molar-refractivity contribution in [1.29, 1.82) is 0 Å². The van der Waals surface area contributed by atoms with E-state index in [9.17, 15) is 4.79 Å². The fourth-order valence-electron chi connectivity index (χ4n) is 1.06. The van der Waals surface area contributed by atoms with Gasteiger partial charge < -0.3 is 15.8 Å². The average molecular weight is 202 g/mol. The fourth-order valence-corrected chi connectivity index (χ4v) is 1.06. The van der Waals surface area contributed by atoms with Gasteiger partial charge in [-0.3, -0.25) is 4.79 Å². The lowest BCUT2D eigenvalue weighted by Gasteiger charge is -2.14. The van der Waals surface area contributed by atoms with E-state index in [1.165, 1.54) is 13.0 Å². The average Bonchev–Trinajstić information content (AvgIpc) is 2.54. The highest BCUT2D eigenvalue weighted by Gasteiger charge is 2.10. The molecule has 14 heavy (non-hydrogen) atoms. The van der Waals surface area contributed by atoms with Gasteiger partial charge in [-0.25, -0.2) is 0 Å². The zero-order chi connectivity index (χ0) is 11.0. The summed E-state index contributed by atoms with van der Waals surface area (Å²) in [6, 6.07) is 0. The van der Waals surface area contributed by atoms with Crippen LogP contribution in [0, 0.1) is 5.92 Å². The molecular formula is C10H22N2O2. The van der Waals surface area contributed by atoms with Crippen molar-refractivity contribution in [1.82, 2.24) is 5.32 Å². The van der Waals surface area contributed by atoms with Crippen molar-refractivity contribution in [3.63, 3.8) is 0 Å². The van der Waals surface area contributed by atoms with Crippen LogP contribution < -0.4 is 11.1 Å². The molecule has 3 N–H and O–H groups in total. The first-order valence-corrected chi connectivity index (χ1v) is 5.02. The Morgan fingerprint density at radius 1 is 1.57 bits per heavy atom. The molecule has 4 nitrogen and oxygen atoms in total. The predicted molar refractivity (Wildman–Crippen MR) is 56.9 cm³/mol. The molecule has 1 heterocycles. The van der Waals surface area contributed by atoms with Crippen LogP contribution in [0.4, 0.5) is 0 Å². The molecule has 1 saturated heterocycles. The van der Waals surface area contributed by atoms with Gasteiger partial charge in [-0.15, -0.1) is 0 Å². The maximum atomic E-state index is 9.60. The molecule has 0 aliphatic carbocycles. The highest BCUT2D eigenvalue weighted by atomic mass is 16.5. The standard InChI is InChI=1S/C5H12N2.C5H10O2/c6-3-5-1-2-7-4-5;1-5(2,3)7-4-6/h5,7H,1-4,6H2;4H,1-3H3. The van der Waals surface area contributed by atoms with Gasteiger partial charge in [0.25, 0.3) is 6.47 Å². The maximum absolute atomic E-state index is 9.60. The Labute approximate surface area is 86.2 Å². The van der Waals surface area contributed by atoms with E-state index >= 15 is 0 Å². The van der Waals surface area contributed by atoms with Crippen molar-refractivity contribution >= 4 is 6.47 Å². The van der Waals surface area contributed by atoms with Crippen molar-refractivity contribution in [3.05, 3.63) is 0 Å². The number of carbonyl (C=O) groups excluding carboxylic acids is 1. The smallest absolute Gasteiger partial charge is 0.293 e. The Bertz CT molecular complexity index is 149. The molecule has 1 unspecified atom stereocenters. The number of nitrogens with two attached hydrogens (primary N) is 1. The van der Waals surface area contributed by atoms with Gasteiger partial charge in [0.15, 0.2) is 0 Å². The summed E-state index contributed by atoms with van der Waals surface area (Å²) in [5.41, 5.74) is 5.08. The monoisotopic (exact) mass is 202 g/mol. The van der Waals surface area contributed by atoms with Gasteiger partial charge in [0.1, 0.15) is 5.60 Å². The van der Waals surface area contributed by atoms with Crippen LogP contribution in [-0.4, -0.2) is 31.7 Å². The van der Waals surface area contributed by atoms with Crippen molar-refractivity contribution in [2.45, 2.75) is 32.8 Å². The Kier molecular flexibility index (Phi) is 6.49. The van der Waals surface area contributed by atoms with E-state index in [-0.39, 0.29) is 5.60 Å². The number of carbonyl (C=O) groups is 1. The SMILES string of the molecule is CC(C)(C)OC=O.NCC1CCNC1. The van der Waals surface area contributed by atoms with Crippen molar-refractivity contribution in [2.24, 2.45) is 11.7 Å². The second-order valence-electron chi connectivity index (χ2n) is 4.42. The summed E-state index contributed by atoms with van der Waals surface area (Å²) < 4.78 is 4.55. The van der Waals surface area contributed by atoms with E-state index < -0.39 is 0 Å². The summed E-state index contributed by atoms with van der Waals surface area (Å²) in [5.74, 6) is 0.764. The van der Waals surface area contributed by atoms with E-state index in [2.05, 4.69) is 10.1 Å². The Hall–Kier alpha value is -0.610. The van der Waals surface area contributed by atoms with Crippen LogP contribution in [0.3, 0.4) is 0 Å². The molecule has 1 rings (SSSR count). The number of hydrogen-bond acceptors (Lipinski definition) is 4. The lowest BCUT2D eigenvalue weighted by molar-refractivity contribution is -0.138. The second kappa shape index (κ2) is 6.79. The van der Waals surface area contributed by atoms with Gasteiger partial charge in [-0.2, -0.15) is 0 Å². The Morgan fingerprint density at radius 3 is 2.36 bits per heavy atom. The van der Waals surface area contributed by atoms with Crippen molar-refractivity contribution < 1.29 is 9.53 Å². The van der Waals surface area contributed by atoms with Gasteiger partial charge in [0.05, 0.1) is 0 Å². The largest absolute Gasteiger partial charge is 0.462 e. The van der Waals surface area contributed by atoms with Crippen LogP contribution in [-0.2, 0) is 9.53 Å². The third-order valence-corrected chi connectivity index (χ3v) is 1.90. The second-order valence-corrected chi connectivity index (χ2v) is 4.42. The number of nitrogens with one attached hydrogen (secondary N) is 1. The summed E-state index contributed by atoms with van der Waals surface area (Å²) >= 11 is 0. The molecule has 84 valence electrons. The third-order valence-electron chi connectivity index (χ3n) is 1.90. The first-order chi connectivity index (χ1) is 6.49. The molecule has 1 atom stereocenters. The minimum atomic E-state index is -0.318. The summed E-state index contributed by atoms with van der Waals surface area (Å²) in [5, 5.41) is 3.24. The molecule has 1 fully saturated rings. The van der Waals surface area contributed by atoms with E-state index in [0.29, 0.717) is 6.47 Å². The Balaban J connectivity index is 0.000000241. The summed E-state index contributed by atoms with van der Waals surface area (Å²) in [6.45, 7) is 9.08. The van der Waals surface area contributed by atoms with Crippen LogP contribution >= 0.6 is 0 Å². The molecule has 4 heteroatoms. The van der Waals surface area contributed by atoms with E-state index in [0.717, 1.165) is 19.0 Å². The predicted octanol–water partition coefficient (Wildman–Crippen LogP) is 0.513. The molecule has 0 aromatic rings. The van der Waals surface area contributed by atoms with E-state index in [4.69, 9.17) is 5.73 Å². The van der Waals surface area contributed by atoms with Crippen LogP contribution in [0.1, 0.15) is 27.2 Å². The first-order valence-electron chi connectivity index (χ1n) is 5.02. The minimum absolute atomic E-state index is 0.318. The first kappa shape index (κ1) is 13.4. The topological polar surface area (TPSA) is 64.3 Å². The molecule has 0 saturated carbocycles. The summed E-state index contributed by atoms with van der Waals surface area (Å²) in [7, 11) is 0. The molecule has 1 aliphatic rings. The zero-order valence-electron chi connectivity index (χ0n) is 9.38. The number of hydrogen-bond donors (Lipinski definition) is 2. The summed E-state index contributed by atoms with van der Waals surface area (Å²) in [6.07, 6.45) is 1.27. The lowest BCUT2D eigenvalue weighted by Crippen LogP contribution is -2.17. The Morgan fingerprint density at radius 2 is 2.21 bits per heavy atom. The van der Waals surface area contributed by atoms with Crippen molar-refractivity contribution in [3.8, 4) is 0 Å². The van der Waals surface area contributed by atoms with Gasteiger partial charge >= 0.3 is 0 Å². The zero-order valence-corrected chi connectivity index (χ0v) is 9.38. The molecule has 0 aromatic heterocycles. The third kappa shape index (κ3) is 8.01. The van der Waals surface area contributed by atoms with Crippen LogP contribution in [0.5, 0.6) is 0 Å². The molecule has 0 aromatic carbocycles. The fraction of sp³-hybridized carbons (Fsp3) is 0.900.